The summed E-state index contributed by atoms with van der Waals surface area (Å²) in [6.07, 6.45) is 5.40. The number of piperidine rings is 1. The van der Waals surface area contributed by atoms with Gasteiger partial charge < -0.3 is 4.90 Å². The van der Waals surface area contributed by atoms with E-state index in [1.54, 1.807) is 0 Å². The SMILES string of the molecule is N#Cc1ccc(S(=O)(=O)NCCC(Cc2ccccc2)N2CCCCC2)cc1. The number of hydrogen-bond acceptors (Lipinski definition) is 4. The Morgan fingerprint density at radius 2 is 1.68 bits per heavy atom. The van der Waals surface area contributed by atoms with Crippen LogP contribution in [0.3, 0.4) is 0 Å². The van der Waals surface area contributed by atoms with Crippen molar-refractivity contribution in [3.63, 3.8) is 0 Å². The molecule has 28 heavy (non-hydrogen) atoms. The number of nitriles is 1. The van der Waals surface area contributed by atoms with Crippen molar-refractivity contribution in [2.45, 2.75) is 43.0 Å². The average molecular weight is 398 g/mol. The van der Waals surface area contributed by atoms with E-state index in [-0.39, 0.29) is 4.90 Å². The van der Waals surface area contributed by atoms with Crippen LogP contribution in [0.25, 0.3) is 0 Å². The van der Waals surface area contributed by atoms with Gasteiger partial charge in [-0.25, -0.2) is 13.1 Å². The molecule has 0 radical (unpaired) electrons. The Morgan fingerprint density at radius 3 is 2.32 bits per heavy atom. The van der Waals surface area contributed by atoms with Crippen LogP contribution in [0.5, 0.6) is 0 Å². The van der Waals surface area contributed by atoms with Crippen molar-refractivity contribution >= 4 is 10.0 Å². The van der Waals surface area contributed by atoms with E-state index in [4.69, 9.17) is 5.26 Å². The Bertz CT molecular complexity index is 884. The van der Waals surface area contributed by atoms with Crippen LogP contribution in [-0.2, 0) is 16.4 Å². The average Bonchev–Trinajstić information content (AvgIpc) is 2.74. The minimum Gasteiger partial charge on any atom is -0.300 e. The number of benzene rings is 2. The molecule has 1 aliphatic heterocycles. The lowest BCUT2D eigenvalue weighted by Crippen LogP contribution is -2.42. The van der Waals surface area contributed by atoms with Crippen LogP contribution in [-0.4, -0.2) is 39.0 Å². The van der Waals surface area contributed by atoms with Gasteiger partial charge in [0, 0.05) is 12.6 Å². The van der Waals surface area contributed by atoms with Crippen molar-refractivity contribution in [1.82, 2.24) is 9.62 Å². The molecule has 5 nitrogen and oxygen atoms in total. The summed E-state index contributed by atoms with van der Waals surface area (Å²) in [4.78, 5) is 2.70. The highest BCUT2D eigenvalue weighted by atomic mass is 32.2. The summed E-state index contributed by atoms with van der Waals surface area (Å²) in [5.41, 5.74) is 1.74. The fourth-order valence-electron chi connectivity index (χ4n) is 3.74. The van der Waals surface area contributed by atoms with Gasteiger partial charge in [0.25, 0.3) is 0 Å². The van der Waals surface area contributed by atoms with Gasteiger partial charge >= 0.3 is 0 Å². The highest BCUT2D eigenvalue weighted by Gasteiger charge is 2.22. The highest BCUT2D eigenvalue weighted by molar-refractivity contribution is 7.89. The minimum absolute atomic E-state index is 0.198. The van der Waals surface area contributed by atoms with E-state index >= 15 is 0 Å². The summed E-state index contributed by atoms with van der Waals surface area (Å²) in [5.74, 6) is 0. The third-order valence-corrected chi connectivity index (χ3v) is 6.76. The van der Waals surface area contributed by atoms with Gasteiger partial charge in [-0.2, -0.15) is 5.26 Å². The molecule has 0 saturated carbocycles. The molecule has 1 heterocycles. The van der Waals surface area contributed by atoms with E-state index in [1.165, 1.54) is 49.1 Å². The maximum Gasteiger partial charge on any atom is 0.240 e. The van der Waals surface area contributed by atoms with Crippen molar-refractivity contribution in [1.29, 1.82) is 5.26 Å². The molecule has 1 N–H and O–H groups in total. The predicted molar refractivity (Wildman–Crippen MR) is 110 cm³/mol. The highest BCUT2D eigenvalue weighted by Crippen LogP contribution is 2.18. The number of nitrogens with zero attached hydrogens (tertiary/aromatic N) is 2. The fraction of sp³-hybridized carbons (Fsp3) is 0.409. The zero-order chi connectivity index (χ0) is 19.8. The largest absolute Gasteiger partial charge is 0.300 e. The van der Waals surface area contributed by atoms with Gasteiger partial charge in [-0.15, -0.1) is 0 Å². The van der Waals surface area contributed by atoms with Gasteiger partial charge in [0.2, 0.25) is 10.0 Å². The first kappa shape index (κ1) is 20.5. The van der Waals surface area contributed by atoms with Gasteiger partial charge in [-0.05, 0) is 68.6 Å². The van der Waals surface area contributed by atoms with E-state index in [9.17, 15) is 8.42 Å². The van der Waals surface area contributed by atoms with E-state index in [2.05, 4.69) is 33.9 Å². The zero-order valence-corrected chi connectivity index (χ0v) is 16.9. The number of hydrogen-bond donors (Lipinski definition) is 1. The van der Waals surface area contributed by atoms with Crippen molar-refractivity contribution in [3.05, 3.63) is 65.7 Å². The molecule has 1 aliphatic rings. The summed E-state index contributed by atoms with van der Waals surface area (Å²) in [6, 6.07) is 18.7. The van der Waals surface area contributed by atoms with Crippen molar-refractivity contribution in [2.75, 3.05) is 19.6 Å². The quantitative estimate of drug-likeness (QED) is 0.742. The molecule has 1 atom stereocenters. The lowest BCUT2D eigenvalue weighted by molar-refractivity contribution is 0.155. The van der Waals surface area contributed by atoms with Gasteiger partial charge in [0.05, 0.1) is 16.5 Å². The standard InChI is InChI=1S/C22H27N3O2S/c23-18-20-9-11-22(12-10-20)28(26,27)24-14-13-21(25-15-5-2-6-16-25)17-19-7-3-1-4-8-19/h1,3-4,7-12,21,24H,2,5-6,13-17H2. The predicted octanol–water partition coefficient (Wildman–Crippen LogP) is 3.32. The topological polar surface area (TPSA) is 73.2 Å². The van der Waals surface area contributed by atoms with E-state index in [0.29, 0.717) is 18.2 Å². The Morgan fingerprint density at radius 1 is 1.00 bits per heavy atom. The van der Waals surface area contributed by atoms with Crippen LogP contribution >= 0.6 is 0 Å². The first-order valence-electron chi connectivity index (χ1n) is 9.86. The van der Waals surface area contributed by atoms with Crippen LogP contribution in [0, 0.1) is 11.3 Å². The summed E-state index contributed by atoms with van der Waals surface area (Å²) in [6.45, 7) is 2.57. The molecule has 6 heteroatoms. The summed E-state index contributed by atoms with van der Waals surface area (Å²) < 4.78 is 27.8. The molecular weight excluding hydrogens is 370 g/mol. The fourth-order valence-corrected chi connectivity index (χ4v) is 4.78. The summed E-state index contributed by atoms with van der Waals surface area (Å²) >= 11 is 0. The van der Waals surface area contributed by atoms with Crippen LogP contribution in [0.1, 0.15) is 36.8 Å². The van der Waals surface area contributed by atoms with Gasteiger partial charge in [0.15, 0.2) is 0 Å². The molecule has 3 rings (SSSR count). The lowest BCUT2D eigenvalue weighted by atomic mass is 9.99. The van der Waals surface area contributed by atoms with Crippen LogP contribution in [0.2, 0.25) is 0 Å². The molecule has 2 aromatic carbocycles. The molecule has 2 aromatic rings. The van der Waals surface area contributed by atoms with E-state index < -0.39 is 10.0 Å². The normalized spacial score (nSPS) is 16.4. The molecule has 1 saturated heterocycles. The molecule has 0 aromatic heterocycles. The lowest BCUT2D eigenvalue weighted by Gasteiger charge is -2.35. The molecule has 0 aliphatic carbocycles. The Hall–Kier alpha value is -2.20. The Balaban J connectivity index is 1.62. The summed E-state index contributed by atoms with van der Waals surface area (Å²) in [7, 11) is -3.56. The second-order valence-corrected chi connectivity index (χ2v) is 9.03. The van der Waals surface area contributed by atoms with Crippen LogP contribution in [0.4, 0.5) is 0 Å². The molecule has 0 amide bonds. The van der Waals surface area contributed by atoms with E-state index in [0.717, 1.165) is 25.9 Å². The minimum atomic E-state index is -3.56. The zero-order valence-electron chi connectivity index (χ0n) is 16.0. The summed E-state index contributed by atoms with van der Waals surface area (Å²) in [5, 5.41) is 8.86. The number of nitrogens with one attached hydrogen (secondary N) is 1. The first-order chi connectivity index (χ1) is 13.6. The smallest absolute Gasteiger partial charge is 0.240 e. The monoisotopic (exact) mass is 397 g/mol. The molecule has 1 unspecified atom stereocenters. The second-order valence-electron chi connectivity index (χ2n) is 7.26. The third kappa shape index (κ3) is 5.65. The maximum absolute atomic E-state index is 12.5. The van der Waals surface area contributed by atoms with Crippen LogP contribution < -0.4 is 4.72 Å². The molecular formula is C22H27N3O2S. The van der Waals surface area contributed by atoms with Gasteiger partial charge in [-0.3, -0.25) is 0 Å². The Labute approximate surface area is 168 Å². The number of sulfonamides is 1. The molecule has 148 valence electrons. The van der Waals surface area contributed by atoms with Gasteiger partial charge in [-0.1, -0.05) is 36.8 Å². The van der Waals surface area contributed by atoms with Gasteiger partial charge in [0.1, 0.15) is 0 Å². The second kappa shape index (κ2) is 9.83. The molecule has 0 spiro atoms. The maximum atomic E-state index is 12.5. The molecule has 1 fully saturated rings. The van der Waals surface area contributed by atoms with Crippen molar-refractivity contribution in [2.24, 2.45) is 0 Å². The van der Waals surface area contributed by atoms with Crippen molar-refractivity contribution < 1.29 is 8.42 Å². The van der Waals surface area contributed by atoms with Crippen molar-refractivity contribution in [3.8, 4) is 6.07 Å². The number of rotatable bonds is 8. The first-order valence-corrected chi connectivity index (χ1v) is 11.3. The van der Waals surface area contributed by atoms with Crippen LogP contribution in [0.15, 0.2) is 59.5 Å². The number of likely N-dealkylation sites (tertiary alicyclic amines) is 1. The Kier molecular flexibility index (Phi) is 7.21. The third-order valence-electron chi connectivity index (χ3n) is 5.28. The molecule has 0 bridgehead atoms. The van der Waals surface area contributed by atoms with E-state index in [1.807, 2.05) is 12.1 Å².